The monoisotopic (exact) mass is 324 g/mol. The minimum atomic E-state index is -0.00895. The number of amides is 1. The van der Waals surface area contributed by atoms with Crippen molar-refractivity contribution in [2.75, 3.05) is 0 Å². The SMILES string of the molecule is Cc1nc(C2CC2)oc1C(=O)N1[C@H](C)C[C@H](c2ccccc2)[C@H]1C. The quantitative estimate of drug-likeness (QED) is 0.847. The third kappa shape index (κ3) is 2.54. The van der Waals surface area contributed by atoms with Gasteiger partial charge in [-0.3, -0.25) is 4.79 Å². The lowest BCUT2D eigenvalue weighted by molar-refractivity contribution is 0.0652. The van der Waals surface area contributed by atoms with Crippen LogP contribution in [0.4, 0.5) is 0 Å². The summed E-state index contributed by atoms with van der Waals surface area (Å²) in [6.07, 6.45) is 3.24. The van der Waals surface area contributed by atoms with Crippen LogP contribution in [0.3, 0.4) is 0 Å². The van der Waals surface area contributed by atoms with Crippen LogP contribution in [0.5, 0.6) is 0 Å². The van der Waals surface area contributed by atoms with E-state index in [0.29, 0.717) is 17.6 Å². The van der Waals surface area contributed by atoms with Crippen molar-refractivity contribution < 1.29 is 9.21 Å². The zero-order chi connectivity index (χ0) is 16.8. The Bertz CT molecular complexity index is 748. The van der Waals surface area contributed by atoms with Crippen LogP contribution in [0.15, 0.2) is 34.7 Å². The van der Waals surface area contributed by atoms with Crippen molar-refractivity contribution in [2.45, 2.75) is 64.0 Å². The van der Waals surface area contributed by atoms with Gasteiger partial charge >= 0.3 is 0 Å². The van der Waals surface area contributed by atoms with Gasteiger partial charge in [0.15, 0.2) is 5.89 Å². The van der Waals surface area contributed by atoms with Crippen molar-refractivity contribution in [3.63, 3.8) is 0 Å². The summed E-state index contributed by atoms with van der Waals surface area (Å²) in [4.78, 5) is 19.6. The number of hydrogen-bond acceptors (Lipinski definition) is 3. The second kappa shape index (κ2) is 5.76. The normalized spacial score (nSPS) is 26.8. The Morgan fingerprint density at radius 1 is 1.21 bits per heavy atom. The van der Waals surface area contributed by atoms with E-state index in [1.54, 1.807) is 0 Å². The Hall–Kier alpha value is -2.10. The zero-order valence-electron chi connectivity index (χ0n) is 14.5. The summed E-state index contributed by atoms with van der Waals surface area (Å²) in [5.41, 5.74) is 2.03. The molecule has 2 aliphatic rings. The fraction of sp³-hybridized carbons (Fsp3) is 0.500. The molecule has 1 amide bonds. The van der Waals surface area contributed by atoms with E-state index in [1.165, 1.54) is 5.56 Å². The van der Waals surface area contributed by atoms with Crippen molar-refractivity contribution >= 4 is 5.91 Å². The topological polar surface area (TPSA) is 46.3 Å². The van der Waals surface area contributed by atoms with Crippen LogP contribution in [0.2, 0.25) is 0 Å². The lowest BCUT2D eigenvalue weighted by Gasteiger charge is -2.27. The summed E-state index contributed by atoms with van der Waals surface area (Å²) < 4.78 is 5.85. The van der Waals surface area contributed by atoms with E-state index >= 15 is 0 Å². The van der Waals surface area contributed by atoms with Gasteiger partial charge in [-0.2, -0.15) is 0 Å². The van der Waals surface area contributed by atoms with Gasteiger partial charge in [-0.25, -0.2) is 4.98 Å². The Morgan fingerprint density at radius 3 is 2.58 bits per heavy atom. The Balaban J connectivity index is 1.60. The summed E-state index contributed by atoms with van der Waals surface area (Å²) in [6.45, 7) is 6.15. The molecule has 1 aliphatic carbocycles. The molecule has 2 aromatic rings. The van der Waals surface area contributed by atoms with Gasteiger partial charge in [0.1, 0.15) is 0 Å². The lowest BCUT2D eigenvalue weighted by atomic mass is 9.92. The maximum atomic E-state index is 13.1. The Morgan fingerprint density at radius 2 is 1.92 bits per heavy atom. The van der Waals surface area contributed by atoms with Gasteiger partial charge in [0, 0.05) is 23.9 Å². The summed E-state index contributed by atoms with van der Waals surface area (Å²) in [5, 5.41) is 0. The molecule has 0 bridgehead atoms. The fourth-order valence-corrected chi connectivity index (χ4v) is 4.01. The number of oxazole rings is 1. The first kappa shape index (κ1) is 15.4. The van der Waals surface area contributed by atoms with E-state index in [0.717, 1.165) is 30.8 Å². The highest BCUT2D eigenvalue weighted by Crippen LogP contribution is 2.41. The zero-order valence-corrected chi connectivity index (χ0v) is 14.5. The molecule has 0 unspecified atom stereocenters. The van der Waals surface area contributed by atoms with Gasteiger partial charge in [0.05, 0.1) is 5.69 Å². The molecule has 126 valence electrons. The van der Waals surface area contributed by atoms with Crippen LogP contribution in [-0.2, 0) is 0 Å². The summed E-state index contributed by atoms with van der Waals surface area (Å²) in [6, 6.07) is 10.8. The second-order valence-electron chi connectivity index (χ2n) is 7.30. The first-order chi connectivity index (χ1) is 11.6. The van der Waals surface area contributed by atoms with Crippen LogP contribution < -0.4 is 0 Å². The van der Waals surface area contributed by atoms with Crippen molar-refractivity contribution in [3.05, 3.63) is 53.2 Å². The molecule has 2 heterocycles. The number of aryl methyl sites for hydroxylation is 1. The van der Waals surface area contributed by atoms with Crippen LogP contribution in [-0.4, -0.2) is 27.9 Å². The van der Waals surface area contributed by atoms with E-state index in [4.69, 9.17) is 4.42 Å². The predicted molar refractivity (Wildman–Crippen MR) is 92.1 cm³/mol. The number of aromatic nitrogens is 1. The maximum absolute atomic E-state index is 13.1. The molecule has 0 N–H and O–H groups in total. The molecule has 0 spiro atoms. The largest absolute Gasteiger partial charge is 0.435 e. The highest BCUT2D eigenvalue weighted by atomic mass is 16.4. The first-order valence-electron chi connectivity index (χ1n) is 8.91. The van der Waals surface area contributed by atoms with Gasteiger partial charge < -0.3 is 9.32 Å². The molecular weight excluding hydrogens is 300 g/mol. The van der Waals surface area contributed by atoms with Crippen molar-refractivity contribution in [2.24, 2.45) is 0 Å². The van der Waals surface area contributed by atoms with Crippen LogP contribution in [0.1, 0.15) is 72.6 Å². The number of carbonyl (C=O) groups is 1. The molecule has 1 aromatic carbocycles. The Labute approximate surface area is 142 Å². The molecule has 1 saturated carbocycles. The van der Waals surface area contributed by atoms with Gasteiger partial charge in [-0.15, -0.1) is 0 Å². The molecule has 4 nitrogen and oxygen atoms in total. The third-order valence-electron chi connectivity index (χ3n) is 5.49. The average Bonchev–Trinajstić information content (AvgIpc) is 3.29. The molecule has 2 fully saturated rings. The van der Waals surface area contributed by atoms with E-state index < -0.39 is 0 Å². The molecule has 1 aliphatic heterocycles. The maximum Gasteiger partial charge on any atom is 0.292 e. The smallest absolute Gasteiger partial charge is 0.292 e. The molecule has 4 heteroatoms. The molecule has 4 rings (SSSR count). The molecule has 3 atom stereocenters. The Kier molecular flexibility index (Phi) is 3.70. The van der Waals surface area contributed by atoms with Crippen molar-refractivity contribution in [3.8, 4) is 0 Å². The van der Waals surface area contributed by atoms with Crippen molar-refractivity contribution in [1.29, 1.82) is 0 Å². The van der Waals surface area contributed by atoms with Gasteiger partial charge in [-0.05, 0) is 45.6 Å². The van der Waals surface area contributed by atoms with Crippen molar-refractivity contribution in [1.82, 2.24) is 9.88 Å². The van der Waals surface area contributed by atoms with Crippen LogP contribution in [0, 0.1) is 6.92 Å². The number of rotatable bonds is 3. The van der Waals surface area contributed by atoms with Gasteiger partial charge in [-0.1, -0.05) is 30.3 Å². The number of carbonyl (C=O) groups excluding carboxylic acids is 1. The first-order valence-corrected chi connectivity index (χ1v) is 8.91. The summed E-state index contributed by atoms with van der Waals surface area (Å²) >= 11 is 0. The molecule has 24 heavy (non-hydrogen) atoms. The molecular formula is C20H24N2O2. The standard InChI is InChI=1S/C20H24N2O2/c1-12-11-17(15-7-5-4-6-8-15)14(3)22(12)20(23)18-13(2)21-19(24-18)16-9-10-16/h4-8,12,14,16-17H,9-11H2,1-3H3/t12-,14-,17+/m1/s1. The number of nitrogens with zero attached hydrogens (tertiary/aromatic N) is 2. The number of benzene rings is 1. The molecule has 1 aromatic heterocycles. The fourth-order valence-electron chi connectivity index (χ4n) is 4.01. The average molecular weight is 324 g/mol. The second-order valence-corrected chi connectivity index (χ2v) is 7.30. The summed E-state index contributed by atoms with van der Waals surface area (Å²) in [7, 11) is 0. The highest BCUT2D eigenvalue weighted by molar-refractivity contribution is 5.93. The van der Waals surface area contributed by atoms with Crippen LogP contribution >= 0.6 is 0 Å². The lowest BCUT2D eigenvalue weighted by Crippen LogP contribution is -2.39. The molecule has 0 radical (unpaired) electrons. The minimum Gasteiger partial charge on any atom is -0.435 e. The minimum absolute atomic E-state index is 0.00895. The number of likely N-dealkylation sites (tertiary alicyclic amines) is 1. The highest BCUT2D eigenvalue weighted by Gasteiger charge is 2.42. The number of hydrogen-bond donors (Lipinski definition) is 0. The van der Waals surface area contributed by atoms with E-state index in [-0.39, 0.29) is 18.0 Å². The van der Waals surface area contributed by atoms with Gasteiger partial charge in [0.2, 0.25) is 5.76 Å². The molecule has 1 saturated heterocycles. The van der Waals surface area contributed by atoms with Crippen LogP contribution in [0.25, 0.3) is 0 Å². The van der Waals surface area contributed by atoms with Gasteiger partial charge in [0.25, 0.3) is 5.91 Å². The van der Waals surface area contributed by atoms with E-state index in [9.17, 15) is 4.79 Å². The predicted octanol–water partition coefficient (Wildman–Crippen LogP) is 4.27. The van der Waals surface area contributed by atoms with E-state index in [2.05, 4.69) is 43.1 Å². The van der Waals surface area contributed by atoms with E-state index in [1.807, 2.05) is 17.9 Å². The summed E-state index contributed by atoms with van der Waals surface area (Å²) in [5.74, 6) is 1.97. The third-order valence-corrected chi connectivity index (χ3v) is 5.49.